The Balaban J connectivity index is 3.47. The lowest BCUT2D eigenvalue weighted by Gasteiger charge is -2.15. The van der Waals surface area contributed by atoms with Crippen molar-refractivity contribution in [2.24, 2.45) is 0 Å². The summed E-state index contributed by atoms with van der Waals surface area (Å²) in [6, 6.07) is 0. The first kappa shape index (κ1) is 11.6. The van der Waals surface area contributed by atoms with Gasteiger partial charge in [-0.1, -0.05) is 12.2 Å². The highest BCUT2D eigenvalue weighted by Gasteiger charge is 2.05. The highest BCUT2D eigenvalue weighted by Crippen LogP contribution is 1.91. The highest BCUT2D eigenvalue weighted by molar-refractivity contribution is 4.77. The number of hydrogen-bond donors (Lipinski definition) is 1. The summed E-state index contributed by atoms with van der Waals surface area (Å²) in [6.07, 6.45) is 4.11. The molecule has 0 aliphatic carbocycles. The third-order valence-electron chi connectivity index (χ3n) is 1.45. The highest BCUT2D eigenvalue weighted by atomic mass is 16.5. The zero-order valence-corrected chi connectivity index (χ0v) is 8.17. The zero-order valence-electron chi connectivity index (χ0n) is 8.17. The van der Waals surface area contributed by atoms with Crippen molar-refractivity contribution in [3.8, 4) is 0 Å². The fourth-order valence-electron chi connectivity index (χ4n) is 0.867. The molecule has 0 saturated carbocycles. The van der Waals surface area contributed by atoms with E-state index in [4.69, 9.17) is 9.47 Å². The Morgan fingerprint density at radius 3 is 2.75 bits per heavy atom. The summed E-state index contributed by atoms with van der Waals surface area (Å²) in [7, 11) is 3.59. The Hall–Kier alpha value is -0.380. The second-order valence-electron chi connectivity index (χ2n) is 2.54. The minimum atomic E-state index is 0.149. The SMILES string of the molecule is C/C=C/COC(CNC)COC. The maximum Gasteiger partial charge on any atom is 0.0936 e. The molecule has 0 aliphatic rings. The summed E-state index contributed by atoms with van der Waals surface area (Å²) in [4.78, 5) is 0. The number of methoxy groups -OCH3 is 1. The predicted octanol–water partition coefficient (Wildman–Crippen LogP) is 0.813. The number of ether oxygens (including phenoxy) is 2. The minimum absolute atomic E-state index is 0.149. The molecule has 0 aromatic rings. The van der Waals surface area contributed by atoms with E-state index in [1.807, 2.05) is 26.1 Å². The van der Waals surface area contributed by atoms with Crippen molar-refractivity contribution < 1.29 is 9.47 Å². The van der Waals surface area contributed by atoms with Crippen LogP contribution in [-0.4, -0.2) is 40.0 Å². The lowest BCUT2D eigenvalue weighted by Crippen LogP contribution is -2.30. The van der Waals surface area contributed by atoms with Gasteiger partial charge < -0.3 is 14.8 Å². The molecule has 0 aromatic heterocycles. The Morgan fingerprint density at radius 2 is 2.25 bits per heavy atom. The first-order valence-electron chi connectivity index (χ1n) is 4.21. The topological polar surface area (TPSA) is 30.5 Å². The van der Waals surface area contributed by atoms with Gasteiger partial charge in [0, 0.05) is 13.7 Å². The van der Waals surface area contributed by atoms with Gasteiger partial charge in [-0.05, 0) is 14.0 Å². The molecular weight excluding hydrogens is 154 g/mol. The van der Waals surface area contributed by atoms with E-state index in [0.29, 0.717) is 13.2 Å². The quantitative estimate of drug-likeness (QED) is 0.578. The van der Waals surface area contributed by atoms with E-state index in [2.05, 4.69) is 5.32 Å². The molecule has 1 N–H and O–H groups in total. The molecule has 1 atom stereocenters. The van der Waals surface area contributed by atoms with Crippen LogP contribution in [0.2, 0.25) is 0 Å². The van der Waals surface area contributed by atoms with Crippen molar-refractivity contribution in [2.45, 2.75) is 13.0 Å². The van der Waals surface area contributed by atoms with E-state index in [0.717, 1.165) is 6.54 Å². The smallest absolute Gasteiger partial charge is 0.0936 e. The number of likely N-dealkylation sites (N-methyl/N-ethyl adjacent to an activating group) is 1. The maximum atomic E-state index is 5.49. The summed E-state index contributed by atoms with van der Waals surface area (Å²) in [5.74, 6) is 0. The molecule has 0 fully saturated rings. The predicted molar refractivity (Wildman–Crippen MR) is 50.4 cm³/mol. The zero-order chi connectivity index (χ0) is 9.23. The van der Waals surface area contributed by atoms with E-state index in [1.165, 1.54) is 0 Å². The lowest BCUT2D eigenvalue weighted by atomic mass is 10.4. The average Bonchev–Trinajstić information content (AvgIpc) is 2.06. The molecule has 0 rings (SSSR count). The molecule has 0 aromatic carbocycles. The molecule has 0 spiro atoms. The molecule has 0 bridgehead atoms. The Kier molecular flexibility index (Phi) is 8.44. The van der Waals surface area contributed by atoms with Crippen LogP contribution in [0.1, 0.15) is 6.92 Å². The van der Waals surface area contributed by atoms with Crippen LogP contribution >= 0.6 is 0 Å². The van der Waals surface area contributed by atoms with Crippen molar-refractivity contribution in [1.29, 1.82) is 0 Å². The van der Waals surface area contributed by atoms with E-state index in [1.54, 1.807) is 7.11 Å². The van der Waals surface area contributed by atoms with Crippen molar-refractivity contribution in [3.63, 3.8) is 0 Å². The largest absolute Gasteiger partial charge is 0.382 e. The van der Waals surface area contributed by atoms with E-state index < -0.39 is 0 Å². The van der Waals surface area contributed by atoms with E-state index >= 15 is 0 Å². The van der Waals surface area contributed by atoms with Crippen LogP contribution in [0.4, 0.5) is 0 Å². The van der Waals surface area contributed by atoms with Crippen molar-refractivity contribution in [2.75, 3.05) is 33.9 Å². The van der Waals surface area contributed by atoms with Crippen LogP contribution in [0.25, 0.3) is 0 Å². The van der Waals surface area contributed by atoms with Gasteiger partial charge in [0.15, 0.2) is 0 Å². The first-order chi connectivity index (χ1) is 5.85. The molecule has 72 valence electrons. The Labute approximate surface area is 74.7 Å². The average molecular weight is 173 g/mol. The van der Waals surface area contributed by atoms with E-state index in [-0.39, 0.29) is 6.10 Å². The van der Waals surface area contributed by atoms with Crippen molar-refractivity contribution >= 4 is 0 Å². The van der Waals surface area contributed by atoms with Gasteiger partial charge in [-0.15, -0.1) is 0 Å². The number of rotatable bonds is 7. The molecular formula is C9H19NO2. The summed E-state index contributed by atoms with van der Waals surface area (Å²) in [6.45, 7) is 4.10. The summed E-state index contributed by atoms with van der Waals surface area (Å²) >= 11 is 0. The van der Waals surface area contributed by atoms with Crippen LogP contribution in [0.5, 0.6) is 0 Å². The van der Waals surface area contributed by atoms with Gasteiger partial charge in [-0.2, -0.15) is 0 Å². The fraction of sp³-hybridized carbons (Fsp3) is 0.778. The number of nitrogens with one attached hydrogen (secondary N) is 1. The van der Waals surface area contributed by atoms with Gasteiger partial charge >= 0.3 is 0 Å². The lowest BCUT2D eigenvalue weighted by molar-refractivity contribution is 0.0130. The minimum Gasteiger partial charge on any atom is -0.382 e. The Bertz CT molecular complexity index is 109. The van der Waals surface area contributed by atoms with Crippen LogP contribution in [0.15, 0.2) is 12.2 Å². The molecule has 0 heterocycles. The molecule has 3 nitrogen and oxygen atoms in total. The summed E-state index contributed by atoms with van der Waals surface area (Å²) in [5, 5.41) is 3.05. The first-order valence-corrected chi connectivity index (χ1v) is 4.21. The summed E-state index contributed by atoms with van der Waals surface area (Å²) in [5.41, 5.74) is 0. The molecule has 12 heavy (non-hydrogen) atoms. The van der Waals surface area contributed by atoms with Gasteiger partial charge in [-0.25, -0.2) is 0 Å². The number of allylic oxidation sites excluding steroid dienone is 1. The van der Waals surface area contributed by atoms with Gasteiger partial charge in [0.25, 0.3) is 0 Å². The van der Waals surface area contributed by atoms with Gasteiger partial charge in [0.05, 0.1) is 19.3 Å². The molecule has 1 unspecified atom stereocenters. The van der Waals surface area contributed by atoms with Crippen LogP contribution < -0.4 is 5.32 Å². The number of hydrogen-bond acceptors (Lipinski definition) is 3. The van der Waals surface area contributed by atoms with Crippen LogP contribution in [-0.2, 0) is 9.47 Å². The molecule has 0 amide bonds. The van der Waals surface area contributed by atoms with Crippen LogP contribution in [0.3, 0.4) is 0 Å². The standard InChI is InChI=1S/C9H19NO2/c1-4-5-6-12-9(7-10-2)8-11-3/h4-5,9-10H,6-8H2,1-3H3/b5-4+. The Morgan fingerprint density at radius 1 is 1.50 bits per heavy atom. The van der Waals surface area contributed by atoms with Gasteiger partial charge in [-0.3, -0.25) is 0 Å². The van der Waals surface area contributed by atoms with Crippen molar-refractivity contribution in [3.05, 3.63) is 12.2 Å². The summed E-state index contributed by atoms with van der Waals surface area (Å²) < 4.78 is 10.5. The molecule has 3 heteroatoms. The molecule has 0 aliphatic heterocycles. The van der Waals surface area contributed by atoms with Crippen molar-refractivity contribution in [1.82, 2.24) is 5.32 Å². The molecule has 0 radical (unpaired) electrons. The maximum absolute atomic E-state index is 5.49. The third kappa shape index (κ3) is 6.34. The van der Waals surface area contributed by atoms with Crippen LogP contribution in [0, 0.1) is 0 Å². The second kappa shape index (κ2) is 8.71. The monoisotopic (exact) mass is 173 g/mol. The van der Waals surface area contributed by atoms with Gasteiger partial charge in [0.1, 0.15) is 0 Å². The molecule has 0 saturated heterocycles. The normalized spacial score (nSPS) is 13.9. The second-order valence-corrected chi connectivity index (χ2v) is 2.54. The van der Waals surface area contributed by atoms with E-state index in [9.17, 15) is 0 Å². The fourth-order valence-corrected chi connectivity index (χ4v) is 0.867. The third-order valence-corrected chi connectivity index (χ3v) is 1.45. The van der Waals surface area contributed by atoms with Gasteiger partial charge in [0.2, 0.25) is 0 Å².